The number of likely N-dealkylation sites (N-methyl/N-ethyl adjacent to an activating group) is 1. The molecule has 1 aromatic carbocycles. The number of hydrogen-bond acceptors (Lipinski definition) is 3. The maximum Gasteiger partial charge on any atom is 0.320 e. The summed E-state index contributed by atoms with van der Waals surface area (Å²) in [5, 5.41) is 0. The second kappa shape index (κ2) is 6.09. The molecule has 0 bridgehead atoms. The maximum absolute atomic E-state index is 13.0. The number of aryl methyl sites for hydroxylation is 1. The number of carbonyl (C=O) groups excluding carboxylic acids is 1. The number of aromatic nitrogens is 2. The minimum atomic E-state index is 0.0739. The van der Waals surface area contributed by atoms with Crippen LogP contribution in [-0.2, 0) is 0 Å². The molecule has 2 saturated heterocycles. The zero-order valence-corrected chi connectivity index (χ0v) is 14.5. The van der Waals surface area contributed by atoms with Crippen molar-refractivity contribution in [3.05, 3.63) is 29.6 Å². The predicted molar refractivity (Wildman–Crippen MR) is 94.0 cm³/mol. The predicted octanol–water partition coefficient (Wildman–Crippen LogP) is 2.38. The Morgan fingerprint density at radius 3 is 2.79 bits per heavy atom. The number of H-pyrrole nitrogens is 1. The number of likely N-dealkylation sites (tertiary alicyclic amines) is 1. The van der Waals surface area contributed by atoms with Crippen LogP contribution >= 0.6 is 0 Å². The van der Waals surface area contributed by atoms with E-state index in [9.17, 15) is 4.79 Å². The smallest absolute Gasteiger partial charge is 0.320 e. The molecule has 0 saturated carbocycles. The Morgan fingerprint density at radius 1 is 1.21 bits per heavy atom. The molecule has 2 amide bonds. The van der Waals surface area contributed by atoms with Gasteiger partial charge in [0.25, 0.3) is 0 Å². The molecule has 0 aliphatic carbocycles. The second-order valence-electron chi connectivity index (χ2n) is 7.07. The number of piperazine rings is 1. The number of benzene rings is 1. The molecule has 0 spiro atoms. The molecule has 2 aliphatic heterocycles. The number of aromatic amines is 1. The third-order valence-corrected chi connectivity index (χ3v) is 5.24. The molecule has 1 atom stereocenters. The number of carbonyl (C=O) groups is 1. The van der Waals surface area contributed by atoms with Crippen molar-refractivity contribution in [1.29, 1.82) is 0 Å². The Labute approximate surface area is 142 Å². The van der Waals surface area contributed by atoms with Gasteiger partial charge < -0.3 is 19.7 Å². The topological polar surface area (TPSA) is 55.5 Å². The van der Waals surface area contributed by atoms with Gasteiger partial charge in [-0.15, -0.1) is 0 Å². The van der Waals surface area contributed by atoms with Crippen LogP contribution in [0.15, 0.2) is 18.2 Å². The fourth-order valence-electron chi connectivity index (χ4n) is 3.76. The van der Waals surface area contributed by atoms with Gasteiger partial charge in [-0.3, -0.25) is 0 Å². The number of fused-ring (bicyclic) bond motifs is 1. The van der Waals surface area contributed by atoms with Crippen molar-refractivity contribution in [1.82, 2.24) is 24.7 Å². The maximum atomic E-state index is 13.0. The van der Waals surface area contributed by atoms with Crippen LogP contribution in [-0.4, -0.2) is 70.5 Å². The molecule has 1 aromatic heterocycles. The van der Waals surface area contributed by atoms with Gasteiger partial charge in [-0.2, -0.15) is 0 Å². The average Bonchev–Trinajstić information content (AvgIpc) is 3.20. The summed E-state index contributed by atoms with van der Waals surface area (Å²) in [6.45, 7) is 6.45. The highest BCUT2D eigenvalue weighted by atomic mass is 16.2. The van der Waals surface area contributed by atoms with Crippen LogP contribution in [0.2, 0.25) is 0 Å². The normalized spacial score (nSPS) is 22.5. The van der Waals surface area contributed by atoms with Gasteiger partial charge >= 0.3 is 6.03 Å². The first-order valence-corrected chi connectivity index (χ1v) is 8.82. The Kier molecular flexibility index (Phi) is 3.92. The van der Waals surface area contributed by atoms with Crippen molar-refractivity contribution in [2.24, 2.45) is 0 Å². The lowest BCUT2D eigenvalue weighted by atomic mass is 10.2. The molecule has 128 valence electrons. The van der Waals surface area contributed by atoms with Crippen molar-refractivity contribution < 1.29 is 4.79 Å². The van der Waals surface area contributed by atoms with Gasteiger partial charge in [0.15, 0.2) is 0 Å². The largest absolute Gasteiger partial charge is 0.340 e. The molecule has 6 nitrogen and oxygen atoms in total. The molecule has 3 heterocycles. The van der Waals surface area contributed by atoms with E-state index in [0.29, 0.717) is 0 Å². The molecule has 1 unspecified atom stereocenters. The number of imidazole rings is 1. The van der Waals surface area contributed by atoms with Gasteiger partial charge in [-0.1, -0.05) is 6.07 Å². The van der Waals surface area contributed by atoms with E-state index in [1.54, 1.807) is 0 Å². The van der Waals surface area contributed by atoms with Gasteiger partial charge in [-0.05, 0) is 44.5 Å². The molecular formula is C18H25N5O. The third kappa shape index (κ3) is 2.75. The number of amides is 2. The van der Waals surface area contributed by atoms with Crippen LogP contribution in [0.5, 0.6) is 0 Å². The Balaban J connectivity index is 1.56. The monoisotopic (exact) mass is 327 g/mol. The van der Waals surface area contributed by atoms with Gasteiger partial charge in [0.1, 0.15) is 5.82 Å². The lowest BCUT2D eigenvalue weighted by Crippen LogP contribution is -2.51. The van der Waals surface area contributed by atoms with E-state index in [2.05, 4.69) is 36.0 Å². The van der Waals surface area contributed by atoms with Gasteiger partial charge in [0.05, 0.1) is 17.1 Å². The molecular weight excluding hydrogens is 302 g/mol. The van der Waals surface area contributed by atoms with E-state index in [0.717, 1.165) is 62.4 Å². The van der Waals surface area contributed by atoms with Crippen LogP contribution in [0, 0.1) is 6.92 Å². The van der Waals surface area contributed by atoms with E-state index in [-0.39, 0.29) is 12.1 Å². The quantitative estimate of drug-likeness (QED) is 0.875. The SMILES string of the molecule is Cc1ccc2nc(C3CCCN3C(=O)N3CCN(C)CC3)[nH]c2c1. The van der Waals surface area contributed by atoms with E-state index in [1.165, 1.54) is 5.56 Å². The standard InChI is InChI=1S/C18H25N5O/c1-13-5-6-14-15(12-13)20-17(19-14)16-4-3-7-23(16)18(24)22-10-8-21(2)9-11-22/h5-6,12,16H,3-4,7-11H2,1-2H3,(H,19,20). The first-order chi connectivity index (χ1) is 11.6. The van der Waals surface area contributed by atoms with Crippen molar-refractivity contribution in [3.63, 3.8) is 0 Å². The van der Waals surface area contributed by atoms with Crippen molar-refractivity contribution in [2.75, 3.05) is 39.8 Å². The lowest BCUT2D eigenvalue weighted by molar-refractivity contribution is 0.118. The summed E-state index contributed by atoms with van der Waals surface area (Å²) in [5.41, 5.74) is 3.26. The summed E-state index contributed by atoms with van der Waals surface area (Å²) in [7, 11) is 2.11. The van der Waals surface area contributed by atoms with Crippen molar-refractivity contribution in [2.45, 2.75) is 25.8 Å². The van der Waals surface area contributed by atoms with Gasteiger partial charge in [-0.25, -0.2) is 9.78 Å². The Morgan fingerprint density at radius 2 is 2.00 bits per heavy atom. The fourth-order valence-corrected chi connectivity index (χ4v) is 3.76. The summed E-state index contributed by atoms with van der Waals surface area (Å²) in [6.07, 6.45) is 2.03. The third-order valence-electron chi connectivity index (χ3n) is 5.24. The van der Waals surface area contributed by atoms with E-state index < -0.39 is 0 Å². The molecule has 1 N–H and O–H groups in total. The number of nitrogens with zero attached hydrogens (tertiary/aromatic N) is 4. The van der Waals surface area contributed by atoms with Gasteiger partial charge in [0, 0.05) is 32.7 Å². The Bertz CT molecular complexity index is 747. The highest BCUT2D eigenvalue weighted by Gasteiger charge is 2.35. The van der Waals surface area contributed by atoms with E-state index in [4.69, 9.17) is 4.98 Å². The summed E-state index contributed by atoms with van der Waals surface area (Å²) >= 11 is 0. The highest BCUT2D eigenvalue weighted by molar-refractivity contribution is 5.77. The van der Waals surface area contributed by atoms with Crippen molar-refractivity contribution >= 4 is 17.1 Å². The van der Waals surface area contributed by atoms with Crippen LogP contribution in [0.25, 0.3) is 11.0 Å². The first-order valence-electron chi connectivity index (χ1n) is 8.82. The second-order valence-corrected chi connectivity index (χ2v) is 7.07. The molecule has 2 aromatic rings. The van der Waals surface area contributed by atoms with Crippen LogP contribution < -0.4 is 0 Å². The van der Waals surface area contributed by atoms with Crippen LogP contribution in [0.1, 0.15) is 30.3 Å². The number of urea groups is 1. The number of rotatable bonds is 1. The molecule has 2 aliphatic rings. The molecule has 24 heavy (non-hydrogen) atoms. The van der Waals surface area contributed by atoms with E-state index in [1.807, 2.05) is 15.9 Å². The fraction of sp³-hybridized carbons (Fsp3) is 0.556. The van der Waals surface area contributed by atoms with Crippen LogP contribution in [0.4, 0.5) is 4.79 Å². The first kappa shape index (κ1) is 15.4. The minimum Gasteiger partial charge on any atom is -0.340 e. The molecule has 2 fully saturated rings. The zero-order chi connectivity index (χ0) is 16.7. The molecule has 4 rings (SSSR count). The summed E-state index contributed by atoms with van der Waals surface area (Å²) in [4.78, 5) is 27.4. The van der Waals surface area contributed by atoms with Crippen molar-refractivity contribution in [3.8, 4) is 0 Å². The van der Waals surface area contributed by atoms with Crippen LogP contribution in [0.3, 0.4) is 0 Å². The lowest BCUT2D eigenvalue weighted by Gasteiger charge is -2.36. The summed E-state index contributed by atoms with van der Waals surface area (Å²) in [5.74, 6) is 0.926. The zero-order valence-electron chi connectivity index (χ0n) is 14.5. The number of hydrogen-bond donors (Lipinski definition) is 1. The molecule has 0 radical (unpaired) electrons. The Hall–Kier alpha value is -2.08. The summed E-state index contributed by atoms with van der Waals surface area (Å²) < 4.78 is 0. The average molecular weight is 327 g/mol. The minimum absolute atomic E-state index is 0.0739. The highest BCUT2D eigenvalue weighted by Crippen LogP contribution is 2.32. The summed E-state index contributed by atoms with van der Waals surface area (Å²) in [6, 6.07) is 6.49. The number of nitrogens with one attached hydrogen (secondary N) is 1. The van der Waals surface area contributed by atoms with E-state index >= 15 is 0 Å². The molecule has 6 heteroatoms. The van der Waals surface area contributed by atoms with Gasteiger partial charge in [0.2, 0.25) is 0 Å².